The van der Waals surface area contributed by atoms with Crippen LogP contribution in [-0.2, 0) is 4.79 Å². The van der Waals surface area contributed by atoms with E-state index in [1.165, 1.54) is 5.56 Å². The highest BCUT2D eigenvalue weighted by atomic mass is 16.4. The second-order valence-corrected chi connectivity index (χ2v) is 5.17. The highest BCUT2D eigenvalue weighted by molar-refractivity contribution is 5.75. The molecule has 1 saturated heterocycles. The number of carbonyl (C=O) groups is 1. The van der Waals surface area contributed by atoms with Crippen molar-refractivity contribution in [3.8, 4) is 0 Å². The quantitative estimate of drug-likeness (QED) is 0.829. The van der Waals surface area contributed by atoms with Crippen molar-refractivity contribution in [1.82, 2.24) is 4.90 Å². The van der Waals surface area contributed by atoms with Crippen molar-refractivity contribution >= 4 is 5.97 Å². The number of carboxylic acids is 1. The minimum Gasteiger partial charge on any atom is -0.480 e. The smallest absolute Gasteiger partial charge is 0.321 e. The van der Waals surface area contributed by atoms with Gasteiger partial charge in [-0.3, -0.25) is 9.69 Å². The fraction of sp³-hybridized carbons (Fsp3) is 0.400. The summed E-state index contributed by atoms with van der Waals surface area (Å²) in [5, 5.41) is 9.43. The Morgan fingerprint density at radius 2 is 2.06 bits per heavy atom. The van der Waals surface area contributed by atoms with Crippen LogP contribution in [0.1, 0.15) is 24.9 Å². The van der Waals surface area contributed by atoms with Crippen LogP contribution in [-0.4, -0.2) is 28.1 Å². The van der Waals surface area contributed by atoms with E-state index in [0.29, 0.717) is 0 Å². The van der Waals surface area contributed by atoms with E-state index < -0.39 is 5.97 Å². The van der Waals surface area contributed by atoms with Crippen LogP contribution in [0.2, 0.25) is 0 Å². The van der Waals surface area contributed by atoms with Crippen molar-refractivity contribution in [2.45, 2.75) is 31.5 Å². The van der Waals surface area contributed by atoms with Gasteiger partial charge in [0, 0.05) is 18.0 Å². The van der Waals surface area contributed by atoms with Gasteiger partial charge in [0.2, 0.25) is 0 Å². The Hall–Kier alpha value is -1.61. The summed E-state index contributed by atoms with van der Waals surface area (Å²) in [6.45, 7) is 2.10. The number of benzene rings is 1. The molecule has 18 heavy (non-hydrogen) atoms. The third-order valence-corrected chi connectivity index (χ3v) is 4.19. The van der Waals surface area contributed by atoms with Gasteiger partial charge in [-0.05, 0) is 18.9 Å². The van der Waals surface area contributed by atoms with Crippen LogP contribution in [0.25, 0.3) is 0 Å². The molecule has 1 aromatic carbocycles. The predicted molar refractivity (Wildman–Crippen MR) is 69.2 cm³/mol. The van der Waals surface area contributed by atoms with E-state index in [4.69, 9.17) is 0 Å². The molecular formula is C15H17NO2. The predicted octanol–water partition coefficient (Wildman–Crippen LogP) is 2.46. The molecule has 1 aliphatic carbocycles. The Kier molecular flexibility index (Phi) is 2.71. The number of hydrogen-bond acceptors (Lipinski definition) is 2. The van der Waals surface area contributed by atoms with Crippen LogP contribution in [0.5, 0.6) is 0 Å². The highest BCUT2D eigenvalue weighted by Crippen LogP contribution is 2.42. The molecule has 0 aromatic heterocycles. The van der Waals surface area contributed by atoms with Crippen LogP contribution in [0, 0.1) is 5.92 Å². The summed E-state index contributed by atoms with van der Waals surface area (Å²) in [6, 6.07) is 10.2. The van der Waals surface area contributed by atoms with Gasteiger partial charge in [-0.15, -0.1) is 0 Å². The monoisotopic (exact) mass is 243 g/mol. The van der Waals surface area contributed by atoms with Crippen LogP contribution in [0.4, 0.5) is 0 Å². The minimum atomic E-state index is -0.699. The minimum absolute atomic E-state index is 0.146. The zero-order valence-electron chi connectivity index (χ0n) is 10.4. The van der Waals surface area contributed by atoms with Gasteiger partial charge in [-0.1, -0.05) is 42.5 Å². The Balaban J connectivity index is 1.91. The van der Waals surface area contributed by atoms with E-state index in [2.05, 4.69) is 36.1 Å². The van der Waals surface area contributed by atoms with Crippen molar-refractivity contribution in [2.24, 2.45) is 5.92 Å². The van der Waals surface area contributed by atoms with E-state index in [9.17, 15) is 9.90 Å². The summed E-state index contributed by atoms with van der Waals surface area (Å²) in [6.07, 6.45) is 5.18. The molecule has 4 atom stereocenters. The molecule has 94 valence electrons. The number of fused-ring (bicyclic) bond motifs is 2. The first kappa shape index (κ1) is 11.5. The Bertz CT molecular complexity index is 483. The highest BCUT2D eigenvalue weighted by Gasteiger charge is 2.48. The molecule has 0 spiro atoms. The summed E-state index contributed by atoms with van der Waals surface area (Å²) < 4.78 is 0. The van der Waals surface area contributed by atoms with Crippen LogP contribution in [0.3, 0.4) is 0 Å². The number of rotatable bonds is 3. The van der Waals surface area contributed by atoms with Gasteiger partial charge in [0.05, 0.1) is 0 Å². The summed E-state index contributed by atoms with van der Waals surface area (Å²) in [4.78, 5) is 13.6. The van der Waals surface area contributed by atoms with Crippen molar-refractivity contribution in [3.63, 3.8) is 0 Å². The summed E-state index contributed by atoms with van der Waals surface area (Å²) >= 11 is 0. The number of nitrogens with zero attached hydrogens (tertiary/aromatic N) is 1. The largest absolute Gasteiger partial charge is 0.480 e. The molecule has 0 saturated carbocycles. The molecule has 1 N–H and O–H groups in total. The molecule has 0 unspecified atom stereocenters. The third kappa shape index (κ3) is 1.66. The van der Waals surface area contributed by atoms with Crippen molar-refractivity contribution in [2.75, 3.05) is 0 Å². The fourth-order valence-corrected chi connectivity index (χ4v) is 3.33. The lowest BCUT2D eigenvalue weighted by Crippen LogP contribution is -2.45. The second kappa shape index (κ2) is 4.25. The van der Waals surface area contributed by atoms with Gasteiger partial charge in [0.1, 0.15) is 6.04 Å². The molecular weight excluding hydrogens is 226 g/mol. The maximum Gasteiger partial charge on any atom is 0.321 e. The zero-order valence-corrected chi connectivity index (χ0v) is 10.4. The first-order valence-corrected chi connectivity index (χ1v) is 6.42. The van der Waals surface area contributed by atoms with E-state index in [-0.39, 0.29) is 24.0 Å². The average Bonchev–Trinajstić information content (AvgIpc) is 2.99. The van der Waals surface area contributed by atoms with E-state index in [0.717, 1.165) is 6.42 Å². The van der Waals surface area contributed by atoms with E-state index >= 15 is 0 Å². The lowest BCUT2D eigenvalue weighted by atomic mass is 9.99. The van der Waals surface area contributed by atoms with Gasteiger partial charge in [0.25, 0.3) is 0 Å². The summed E-state index contributed by atoms with van der Waals surface area (Å²) in [5.41, 5.74) is 1.18. The van der Waals surface area contributed by atoms with E-state index in [1.807, 2.05) is 18.2 Å². The molecule has 1 fully saturated rings. The lowest BCUT2D eigenvalue weighted by Gasteiger charge is -2.35. The first-order chi connectivity index (χ1) is 8.68. The van der Waals surface area contributed by atoms with Gasteiger partial charge >= 0.3 is 5.97 Å². The molecule has 3 nitrogen and oxygen atoms in total. The van der Waals surface area contributed by atoms with Gasteiger partial charge in [-0.2, -0.15) is 0 Å². The molecule has 0 amide bonds. The lowest BCUT2D eigenvalue weighted by molar-refractivity contribution is -0.144. The number of aliphatic carboxylic acids is 1. The number of likely N-dealkylation sites (tertiary alicyclic amines) is 1. The molecule has 3 rings (SSSR count). The molecule has 1 aromatic rings. The van der Waals surface area contributed by atoms with Crippen molar-refractivity contribution in [3.05, 3.63) is 48.0 Å². The van der Waals surface area contributed by atoms with Crippen LogP contribution >= 0.6 is 0 Å². The Morgan fingerprint density at radius 1 is 1.33 bits per heavy atom. The molecule has 2 bridgehead atoms. The number of hydrogen-bond donors (Lipinski definition) is 1. The average molecular weight is 243 g/mol. The summed E-state index contributed by atoms with van der Waals surface area (Å²) in [5.74, 6) is -0.520. The van der Waals surface area contributed by atoms with Crippen LogP contribution in [0.15, 0.2) is 42.5 Å². The molecule has 2 aliphatic rings. The molecule has 1 heterocycles. The number of carboxylic acid groups (broad SMARTS) is 1. The molecule has 3 heteroatoms. The van der Waals surface area contributed by atoms with Gasteiger partial charge in [0.15, 0.2) is 0 Å². The van der Waals surface area contributed by atoms with Crippen molar-refractivity contribution < 1.29 is 9.90 Å². The first-order valence-electron chi connectivity index (χ1n) is 6.42. The maximum atomic E-state index is 11.5. The van der Waals surface area contributed by atoms with Crippen molar-refractivity contribution in [1.29, 1.82) is 0 Å². The second-order valence-electron chi connectivity index (χ2n) is 5.17. The van der Waals surface area contributed by atoms with Crippen LogP contribution < -0.4 is 0 Å². The normalized spacial score (nSPS) is 31.7. The molecule has 1 aliphatic heterocycles. The SMILES string of the molecule is C[C@H](c1ccccc1)N1[C@H]2C=C[C@@H](C2)[C@@H]1C(=O)O. The summed E-state index contributed by atoms with van der Waals surface area (Å²) in [7, 11) is 0. The standard InChI is InChI=1S/C15H17NO2/c1-10(11-5-3-2-4-6-11)16-13-8-7-12(9-13)14(16)15(17)18/h2-8,10,12-14H,9H2,1H3,(H,17,18)/t10-,12+,13+,14-/m1/s1. The molecule has 0 radical (unpaired) electrons. The topological polar surface area (TPSA) is 40.5 Å². The third-order valence-electron chi connectivity index (χ3n) is 4.19. The zero-order chi connectivity index (χ0) is 12.7. The Morgan fingerprint density at radius 3 is 2.72 bits per heavy atom. The fourth-order valence-electron chi connectivity index (χ4n) is 3.33. The maximum absolute atomic E-state index is 11.5. The van der Waals surface area contributed by atoms with Gasteiger partial charge in [-0.25, -0.2) is 0 Å². The van der Waals surface area contributed by atoms with Gasteiger partial charge < -0.3 is 5.11 Å². The van der Waals surface area contributed by atoms with E-state index in [1.54, 1.807) is 0 Å². The Labute approximate surface area is 107 Å².